The van der Waals surface area contributed by atoms with Crippen molar-refractivity contribution in [2.75, 3.05) is 0 Å². The smallest absolute Gasteiger partial charge is 0.358 e. The number of rotatable bonds is 4. The van der Waals surface area contributed by atoms with Gasteiger partial charge in [-0.1, -0.05) is 18.2 Å². The lowest BCUT2D eigenvalue weighted by atomic mass is 10.2. The zero-order valence-corrected chi connectivity index (χ0v) is 15.3. The normalized spacial score (nSPS) is 12.2. The van der Waals surface area contributed by atoms with Crippen molar-refractivity contribution >= 4 is 39.5 Å². The fraction of sp³-hybridized carbons (Fsp3) is 0.111. The van der Waals surface area contributed by atoms with Crippen molar-refractivity contribution in [2.24, 2.45) is 0 Å². The number of nitrogens with zero attached hydrogens (tertiary/aromatic N) is 2. The summed E-state index contributed by atoms with van der Waals surface area (Å²) in [7, 11) is 0. The van der Waals surface area contributed by atoms with Crippen molar-refractivity contribution in [1.29, 1.82) is 0 Å². The molecule has 0 unspecified atom stereocenters. The highest BCUT2D eigenvalue weighted by Crippen LogP contribution is 2.28. The summed E-state index contributed by atoms with van der Waals surface area (Å²) in [5, 5.41) is 4.89. The second kappa shape index (κ2) is 6.81. The second-order valence-corrected chi connectivity index (χ2v) is 7.34. The summed E-state index contributed by atoms with van der Waals surface area (Å²) >= 11 is 2.95. The lowest BCUT2D eigenvalue weighted by molar-refractivity contribution is 0.0314. The number of esters is 1. The van der Waals surface area contributed by atoms with Crippen LogP contribution in [0.25, 0.3) is 20.8 Å². The molecule has 6 nitrogen and oxygen atoms in total. The lowest BCUT2D eigenvalue weighted by Gasteiger charge is -2.12. The van der Waals surface area contributed by atoms with Crippen LogP contribution in [0.2, 0.25) is 0 Å². The lowest BCUT2D eigenvalue weighted by Crippen LogP contribution is -2.17. The van der Waals surface area contributed by atoms with Gasteiger partial charge in [0, 0.05) is 5.38 Å². The number of nitrogens with one attached hydrogen (secondary N) is 1. The molecule has 0 fully saturated rings. The Hall–Kier alpha value is -2.84. The van der Waals surface area contributed by atoms with Gasteiger partial charge in [0.1, 0.15) is 5.01 Å². The van der Waals surface area contributed by atoms with Crippen molar-refractivity contribution in [1.82, 2.24) is 15.0 Å². The number of aromatic nitrogens is 3. The van der Waals surface area contributed by atoms with Crippen molar-refractivity contribution in [3.05, 3.63) is 69.0 Å². The summed E-state index contributed by atoms with van der Waals surface area (Å²) in [6.07, 6.45) is -0.702. The van der Waals surface area contributed by atoms with Gasteiger partial charge < -0.3 is 9.72 Å². The number of hydrogen-bond acceptors (Lipinski definition) is 7. The van der Waals surface area contributed by atoms with Gasteiger partial charge in [-0.05, 0) is 30.5 Å². The minimum Gasteiger partial charge on any atom is -0.450 e. The van der Waals surface area contributed by atoms with E-state index in [1.54, 1.807) is 47.9 Å². The minimum absolute atomic E-state index is 0.244. The van der Waals surface area contributed by atoms with Crippen LogP contribution in [0.1, 0.15) is 29.3 Å². The van der Waals surface area contributed by atoms with Crippen LogP contribution in [0.4, 0.5) is 0 Å². The van der Waals surface area contributed by atoms with Crippen LogP contribution in [0.5, 0.6) is 0 Å². The predicted octanol–water partition coefficient (Wildman–Crippen LogP) is 4.03. The first-order valence-electron chi connectivity index (χ1n) is 7.81. The zero-order chi connectivity index (χ0) is 18.1. The average Bonchev–Trinajstić information content (AvgIpc) is 3.33. The van der Waals surface area contributed by atoms with Crippen molar-refractivity contribution < 1.29 is 9.53 Å². The first-order chi connectivity index (χ1) is 12.6. The van der Waals surface area contributed by atoms with Crippen molar-refractivity contribution in [3.8, 4) is 9.88 Å². The van der Waals surface area contributed by atoms with Crippen LogP contribution < -0.4 is 5.56 Å². The third kappa shape index (κ3) is 3.16. The molecule has 0 aliphatic carbocycles. The van der Waals surface area contributed by atoms with Crippen molar-refractivity contribution in [3.63, 3.8) is 0 Å². The van der Waals surface area contributed by atoms with Gasteiger partial charge >= 0.3 is 5.97 Å². The van der Waals surface area contributed by atoms with E-state index in [2.05, 4.69) is 15.0 Å². The molecule has 3 aromatic heterocycles. The molecule has 4 aromatic rings. The summed E-state index contributed by atoms with van der Waals surface area (Å²) in [5.41, 5.74) is 0.540. The summed E-state index contributed by atoms with van der Waals surface area (Å²) in [6.45, 7) is 1.66. The first kappa shape index (κ1) is 16.6. The largest absolute Gasteiger partial charge is 0.450 e. The number of thiazole rings is 1. The Labute approximate surface area is 156 Å². The maximum Gasteiger partial charge on any atom is 0.358 e. The third-order valence-corrected chi connectivity index (χ3v) is 5.63. The Bertz CT molecular complexity index is 1130. The van der Waals surface area contributed by atoms with Gasteiger partial charge in [-0.25, -0.2) is 14.8 Å². The number of ether oxygens (including phenoxy) is 1. The van der Waals surface area contributed by atoms with E-state index < -0.39 is 12.1 Å². The summed E-state index contributed by atoms with van der Waals surface area (Å²) in [4.78, 5) is 36.9. The monoisotopic (exact) mass is 383 g/mol. The number of fused-ring (bicyclic) bond motifs is 1. The van der Waals surface area contributed by atoms with Crippen LogP contribution in [-0.2, 0) is 4.74 Å². The maximum atomic E-state index is 12.4. The number of carbonyl (C=O) groups is 1. The van der Waals surface area contributed by atoms with Crippen LogP contribution in [0.3, 0.4) is 0 Å². The standard InChI is InChI=1S/C18H13N3O3S2/c1-10(15-19-12-6-3-2-5-11(12)16(22)21-15)24-18(23)13-9-26-17(20-13)14-7-4-8-25-14/h2-10H,1H3,(H,19,21,22)/t10-/m0/s1. The minimum atomic E-state index is -0.702. The average molecular weight is 383 g/mol. The quantitative estimate of drug-likeness (QED) is 0.538. The first-order valence-corrected chi connectivity index (χ1v) is 9.57. The molecule has 1 N–H and O–H groups in total. The molecule has 0 saturated carbocycles. The van der Waals surface area contributed by atoms with Crippen LogP contribution in [0.15, 0.2) is 52.0 Å². The fourth-order valence-electron chi connectivity index (χ4n) is 2.45. The van der Waals surface area contributed by atoms with E-state index in [0.717, 1.165) is 9.88 Å². The molecule has 1 atom stereocenters. The molecule has 8 heteroatoms. The molecule has 26 heavy (non-hydrogen) atoms. The Morgan fingerprint density at radius 3 is 2.81 bits per heavy atom. The van der Waals surface area contributed by atoms with E-state index >= 15 is 0 Å². The number of thiophene rings is 1. The Balaban J connectivity index is 1.55. The SMILES string of the molecule is C[C@H](OC(=O)c1csc(-c2cccs2)n1)c1nc2ccccc2c(=O)[nH]1. The predicted molar refractivity (Wildman–Crippen MR) is 102 cm³/mol. The molecule has 0 bridgehead atoms. The molecule has 0 spiro atoms. The molecule has 4 rings (SSSR count). The Morgan fingerprint density at radius 2 is 2.00 bits per heavy atom. The second-order valence-electron chi connectivity index (χ2n) is 5.53. The van der Waals surface area contributed by atoms with Crippen molar-refractivity contribution in [2.45, 2.75) is 13.0 Å². The highest BCUT2D eigenvalue weighted by atomic mass is 32.1. The summed E-state index contributed by atoms with van der Waals surface area (Å²) in [6, 6.07) is 10.9. The molecular formula is C18H13N3O3S2. The molecule has 0 amide bonds. The highest BCUT2D eigenvalue weighted by molar-refractivity contribution is 7.20. The van der Waals surface area contributed by atoms with Gasteiger partial charge in [-0.2, -0.15) is 0 Å². The third-order valence-electron chi connectivity index (χ3n) is 3.75. The van der Waals surface area contributed by atoms with E-state index in [1.807, 2.05) is 17.5 Å². The van der Waals surface area contributed by atoms with Gasteiger partial charge in [-0.15, -0.1) is 22.7 Å². The number of aromatic amines is 1. The number of benzene rings is 1. The van der Waals surface area contributed by atoms with Crippen LogP contribution in [0, 0.1) is 0 Å². The number of H-pyrrole nitrogens is 1. The number of carbonyl (C=O) groups excluding carboxylic acids is 1. The van der Waals surface area contributed by atoms with Gasteiger partial charge in [0.05, 0.1) is 15.8 Å². The van der Waals surface area contributed by atoms with E-state index in [-0.39, 0.29) is 11.3 Å². The zero-order valence-electron chi connectivity index (χ0n) is 13.6. The van der Waals surface area contributed by atoms with Gasteiger partial charge in [0.15, 0.2) is 17.6 Å². The highest BCUT2D eigenvalue weighted by Gasteiger charge is 2.19. The Kier molecular flexibility index (Phi) is 4.36. The van der Waals surface area contributed by atoms with E-state index in [9.17, 15) is 9.59 Å². The number of para-hydroxylation sites is 1. The van der Waals surface area contributed by atoms with Gasteiger partial charge in [-0.3, -0.25) is 4.79 Å². The van der Waals surface area contributed by atoms with Gasteiger partial charge in [0.2, 0.25) is 0 Å². The van der Waals surface area contributed by atoms with Crippen LogP contribution >= 0.6 is 22.7 Å². The molecule has 0 aliphatic heterocycles. The topological polar surface area (TPSA) is 84.9 Å². The molecule has 0 aliphatic rings. The Morgan fingerprint density at radius 1 is 1.15 bits per heavy atom. The molecule has 130 valence electrons. The maximum absolute atomic E-state index is 12.4. The van der Waals surface area contributed by atoms with Gasteiger partial charge in [0.25, 0.3) is 5.56 Å². The molecule has 0 saturated heterocycles. The van der Waals surface area contributed by atoms with Crippen LogP contribution in [-0.4, -0.2) is 20.9 Å². The van der Waals surface area contributed by atoms with E-state index in [0.29, 0.717) is 16.7 Å². The molecular weight excluding hydrogens is 370 g/mol. The fourth-order valence-corrected chi connectivity index (χ4v) is 4.06. The van der Waals surface area contributed by atoms with E-state index in [4.69, 9.17) is 4.74 Å². The summed E-state index contributed by atoms with van der Waals surface area (Å²) < 4.78 is 5.43. The summed E-state index contributed by atoms with van der Waals surface area (Å²) in [5.74, 6) is -0.247. The van der Waals surface area contributed by atoms with E-state index in [1.165, 1.54) is 11.3 Å². The number of hydrogen-bond donors (Lipinski definition) is 1. The molecule has 1 aromatic carbocycles. The molecule has 3 heterocycles. The molecule has 0 radical (unpaired) electrons.